The first-order valence-corrected chi connectivity index (χ1v) is 6.29. The highest BCUT2D eigenvalue weighted by Crippen LogP contribution is 2.14. The van der Waals surface area contributed by atoms with Gasteiger partial charge in [-0.3, -0.25) is 9.59 Å². The number of likely N-dealkylation sites (N-methyl/N-ethyl adjacent to an activating group) is 1. The van der Waals surface area contributed by atoms with Crippen LogP contribution in [0.4, 0.5) is 5.82 Å². The SMILES string of the molecule is CCNc1cc(C(=O)NC(C)C(=O)NC)cc(Cl)n1. The van der Waals surface area contributed by atoms with Crippen molar-refractivity contribution in [2.75, 3.05) is 18.9 Å². The number of nitrogens with one attached hydrogen (secondary N) is 3. The van der Waals surface area contributed by atoms with E-state index < -0.39 is 6.04 Å². The lowest BCUT2D eigenvalue weighted by atomic mass is 10.2. The van der Waals surface area contributed by atoms with Crippen molar-refractivity contribution in [2.24, 2.45) is 0 Å². The van der Waals surface area contributed by atoms with Crippen LogP contribution in [0.25, 0.3) is 0 Å². The molecule has 0 aliphatic carbocycles. The lowest BCUT2D eigenvalue weighted by Gasteiger charge is -2.13. The van der Waals surface area contributed by atoms with Gasteiger partial charge < -0.3 is 16.0 Å². The maximum Gasteiger partial charge on any atom is 0.252 e. The smallest absolute Gasteiger partial charge is 0.252 e. The standard InChI is InChI=1S/C12H17ClN4O2/c1-4-15-10-6-8(5-9(13)17-10)12(19)16-7(2)11(18)14-3/h5-7H,4H2,1-3H3,(H,14,18)(H,15,17)(H,16,19). The highest BCUT2D eigenvalue weighted by atomic mass is 35.5. The Balaban J connectivity index is 2.84. The van der Waals surface area contributed by atoms with E-state index in [1.165, 1.54) is 13.1 Å². The highest BCUT2D eigenvalue weighted by molar-refractivity contribution is 6.29. The van der Waals surface area contributed by atoms with Gasteiger partial charge in [-0.15, -0.1) is 0 Å². The number of hydrogen-bond acceptors (Lipinski definition) is 4. The van der Waals surface area contributed by atoms with Gasteiger partial charge in [0.05, 0.1) is 0 Å². The predicted octanol–water partition coefficient (Wildman–Crippen LogP) is 1.03. The van der Waals surface area contributed by atoms with E-state index in [1.807, 2.05) is 6.92 Å². The van der Waals surface area contributed by atoms with E-state index in [0.717, 1.165) is 0 Å². The van der Waals surface area contributed by atoms with Crippen LogP contribution in [0.1, 0.15) is 24.2 Å². The number of anilines is 1. The van der Waals surface area contributed by atoms with Gasteiger partial charge in [0.25, 0.3) is 5.91 Å². The number of amides is 2. The van der Waals surface area contributed by atoms with Crippen LogP contribution < -0.4 is 16.0 Å². The van der Waals surface area contributed by atoms with Crippen molar-refractivity contribution in [3.05, 3.63) is 22.8 Å². The topological polar surface area (TPSA) is 83.1 Å². The molecule has 1 unspecified atom stereocenters. The Bertz CT molecular complexity index is 479. The van der Waals surface area contributed by atoms with E-state index >= 15 is 0 Å². The maximum absolute atomic E-state index is 12.0. The fourth-order valence-corrected chi connectivity index (χ4v) is 1.67. The van der Waals surface area contributed by atoms with Gasteiger partial charge in [-0.2, -0.15) is 0 Å². The number of carbonyl (C=O) groups is 2. The summed E-state index contributed by atoms with van der Waals surface area (Å²) in [5.74, 6) is -0.118. The monoisotopic (exact) mass is 284 g/mol. The van der Waals surface area contributed by atoms with Gasteiger partial charge in [-0.25, -0.2) is 4.98 Å². The number of rotatable bonds is 5. The molecule has 1 heterocycles. The molecule has 0 aromatic carbocycles. The van der Waals surface area contributed by atoms with Gasteiger partial charge in [-0.05, 0) is 26.0 Å². The van der Waals surface area contributed by atoms with Gasteiger partial charge in [0, 0.05) is 19.2 Å². The van der Waals surface area contributed by atoms with Crippen molar-refractivity contribution >= 4 is 29.2 Å². The molecular weight excluding hydrogens is 268 g/mol. The average Bonchev–Trinajstić information content (AvgIpc) is 2.37. The fraction of sp³-hybridized carbons (Fsp3) is 0.417. The van der Waals surface area contributed by atoms with Crippen LogP contribution in [-0.2, 0) is 4.79 Å². The molecular formula is C12H17ClN4O2. The molecule has 6 nitrogen and oxygen atoms in total. The molecule has 0 saturated carbocycles. The van der Waals surface area contributed by atoms with Crippen molar-refractivity contribution in [1.29, 1.82) is 0 Å². The third kappa shape index (κ3) is 4.40. The molecule has 0 spiro atoms. The molecule has 1 atom stereocenters. The lowest BCUT2D eigenvalue weighted by molar-refractivity contribution is -0.122. The molecule has 104 valence electrons. The Morgan fingerprint density at radius 3 is 2.68 bits per heavy atom. The molecule has 0 aliphatic heterocycles. The fourth-order valence-electron chi connectivity index (χ4n) is 1.46. The average molecular weight is 285 g/mol. The minimum absolute atomic E-state index is 0.219. The zero-order valence-corrected chi connectivity index (χ0v) is 11.8. The van der Waals surface area contributed by atoms with E-state index in [-0.39, 0.29) is 17.0 Å². The third-order valence-electron chi connectivity index (χ3n) is 2.40. The van der Waals surface area contributed by atoms with Crippen LogP contribution in [0.15, 0.2) is 12.1 Å². The molecule has 19 heavy (non-hydrogen) atoms. The lowest BCUT2D eigenvalue weighted by Crippen LogP contribution is -2.43. The maximum atomic E-state index is 12.0. The predicted molar refractivity (Wildman–Crippen MR) is 74.4 cm³/mol. The first-order chi connectivity index (χ1) is 8.97. The van der Waals surface area contributed by atoms with E-state index in [0.29, 0.717) is 17.9 Å². The molecule has 0 fully saturated rings. The summed E-state index contributed by atoms with van der Waals surface area (Å²) in [5, 5.41) is 8.23. The minimum Gasteiger partial charge on any atom is -0.370 e. The number of carbonyl (C=O) groups excluding carboxylic acids is 2. The van der Waals surface area contributed by atoms with Crippen LogP contribution in [0.5, 0.6) is 0 Å². The van der Waals surface area contributed by atoms with Gasteiger partial charge >= 0.3 is 0 Å². The van der Waals surface area contributed by atoms with E-state index in [1.54, 1.807) is 13.0 Å². The molecule has 0 bridgehead atoms. The van der Waals surface area contributed by atoms with E-state index in [4.69, 9.17) is 11.6 Å². The molecule has 2 amide bonds. The van der Waals surface area contributed by atoms with E-state index in [9.17, 15) is 9.59 Å². The Kier molecular flexibility index (Phi) is 5.57. The van der Waals surface area contributed by atoms with Crippen molar-refractivity contribution in [1.82, 2.24) is 15.6 Å². The second-order valence-electron chi connectivity index (χ2n) is 3.90. The van der Waals surface area contributed by atoms with Gasteiger partial charge in [0.1, 0.15) is 17.0 Å². The number of nitrogens with zero attached hydrogens (tertiary/aromatic N) is 1. The summed E-state index contributed by atoms with van der Waals surface area (Å²) in [6.07, 6.45) is 0. The Morgan fingerprint density at radius 1 is 1.42 bits per heavy atom. The van der Waals surface area contributed by atoms with Gasteiger partial charge in [-0.1, -0.05) is 11.6 Å². The molecule has 0 aliphatic rings. The molecule has 1 aromatic heterocycles. The van der Waals surface area contributed by atoms with Crippen LogP contribution in [0, 0.1) is 0 Å². The van der Waals surface area contributed by atoms with Crippen LogP contribution >= 0.6 is 11.6 Å². The Hall–Kier alpha value is -1.82. The second-order valence-corrected chi connectivity index (χ2v) is 4.29. The molecule has 3 N–H and O–H groups in total. The summed E-state index contributed by atoms with van der Waals surface area (Å²) in [6, 6.07) is 2.42. The summed E-state index contributed by atoms with van der Waals surface area (Å²) in [5.41, 5.74) is 0.353. The van der Waals surface area contributed by atoms with Crippen molar-refractivity contribution in [3.63, 3.8) is 0 Å². The second kappa shape index (κ2) is 6.94. The molecule has 1 aromatic rings. The summed E-state index contributed by atoms with van der Waals surface area (Å²) >= 11 is 5.85. The summed E-state index contributed by atoms with van der Waals surface area (Å²) in [4.78, 5) is 27.3. The summed E-state index contributed by atoms with van der Waals surface area (Å²) < 4.78 is 0. The molecule has 1 rings (SSSR count). The molecule has 7 heteroatoms. The summed E-state index contributed by atoms with van der Waals surface area (Å²) in [7, 11) is 1.51. The zero-order chi connectivity index (χ0) is 14.4. The first-order valence-electron chi connectivity index (χ1n) is 5.91. The minimum atomic E-state index is -0.618. The number of hydrogen-bond donors (Lipinski definition) is 3. The van der Waals surface area contributed by atoms with E-state index in [2.05, 4.69) is 20.9 Å². The quantitative estimate of drug-likeness (QED) is 0.705. The zero-order valence-electron chi connectivity index (χ0n) is 11.1. The highest BCUT2D eigenvalue weighted by Gasteiger charge is 2.16. The van der Waals surface area contributed by atoms with Crippen LogP contribution in [-0.4, -0.2) is 36.4 Å². The first kappa shape index (κ1) is 15.2. The Morgan fingerprint density at radius 2 is 2.11 bits per heavy atom. The van der Waals surface area contributed by atoms with Crippen molar-refractivity contribution in [2.45, 2.75) is 19.9 Å². The molecule has 0 radical (unpaired) electrons. The normalized spacial score (nSPS) is 11.6. The number of halogens is 1. The number of aromatic nitrogens is 1. The molecule has 0 saturated heterocycles. The summed E-state index contributed by atoms with van der Waals surface area (Å²) in [6.45, 7) is 4.18. The van der Waals surface area contributed by atoms with Crippen LogP contribution in [0.2, 0.25) is 5.15 Å². The van der Waals surface area contributed by atoms with Crippen molar-refractivity contribution < 1.29 is 9.59 Å². The van der Waals surface area contributed by atoms with Gasteiger partial charge in [0.15, 0.2) is 0 Å². The largest absolute Gasteiger partial charge is 0.370 e. The number of pyridine rings is 1. The van der Waals surface area contributed by atoms with Crippen LogP contribution in [0.3, 0.4) is 0 Å². The Labute approximate surface area is 116 Å². The van der Waals surface area contributed by atoms with Gasteiger partial charge in [0.2, 0.25) is 5.91 Å². The third-order valence-corrected chi connectivity index (χ3v) is 2.60. The van der Waals surface area contributed by atoms with Crippen molar-refractivity contribution in [3.8, 4) is 0 Å².